The molecule has 1 N–H and O–H groups in total. The van der Waals surface area contributed by atoms with Crippen LogP contribution in [0.3, 0.4) is 0 Å². The van der Waals surface area contributed by atoms with Gasteiger partial charge in [-0.25, -0.2) is 4.39 Å². The molecular weight excluding hydrogens is 219 g/mol. The number of nitrogens with zero attached hydrogens (tertiary/aromatic N) is 1. The van der Waals surface area contributed by atoms with Crippen LogP contribution in [0.2, 0.25) is 0 Å². The van der Waals surface area contributed by atoms with E-state index in [1.807, 2.05) is 6.07 Å². The highest BCUT2D eigenvalue weighted by Gasteiger charge is 2.21. The van der Waals surface area contributed by atoms with E-state index in [4.69, 9.17) is 4.84 Å². The molecule has 0 spiro atoms. The zero-order valence-electron chi connectivity index (χ0n) is 9.53. The van der Waals surface area contributed by atoms with Gasteiger partial charge in [0.15, 0.2) is 0 Å². The fraction of sp³-hybridized carbons (Fsp3) is 0.308. The van der Waals surface area contributed by atoms with Crippen molar-refractivity contribution in [1.29, 1.82) is 0 Å². The highest BCUT2D eigenvalue weighted by Crippen LogP contribution is 2.16. The van der Waals surface area contributed by atoms with Crippen LogP contribution in [0.4, 0.5) is 4.39 Å². The molecule has 0 amide bonds. The van der Waals surface area contributed by atoms with E-state index in [0.717, 1.165) is 17.8 Å². The van der Waals surface area contributed by atoms with Crippen molar-refractivity contribution in [3.8, 4) is 0 Å². The molecule has 1 heterocycles. The summed E-state index contributed by atoms with van der Waals surface area (Å²) in [4.78, 5) is 5.28. The van der Waals surface area contributed by atoms with E-state index in [-0.39, 0.29) is 11.9 Å². The first-order chi connectivity index (χ1) is 8.29. The SMILES string of the molecule is C=CCNC[C@H]1CC(c2cccc(F)c2)=NO1. The van der Waals surface area contributed by atoms with Gasteiger partial charge >= 0.3 is 0 Å². The van der Waals surface area contributed by atoms with E-state index < -0.39 is 0 Å². The highest BCUT2D eigenvalue weighted by molar-refractivity contribution is 6.01. The van der Waals surface area contributed by atoms with Gasteiger partial charge in [-0.2, -0.15) is 0 Å². The van der Waals surface area contributed by atoms with Crippen molar-refractivity contribution in [2.75, 3.05) is 13.1 Å². The predicted molar refractivity (Wildman–Crippen MR) is 65.5 cm³/mol. The van der Waals surface area contributed by atoms with Gasteiger partial charge < -0.3 is 10.2 Å². The van der Waals surface area contributed by atoms with Gasteiger partial charge in [-0.05, 0) is 12.1 Å². The molecule has 1 aromatic carbocycles. The van der Waals surface area contributed by atoms with Crippen LogP contribution in [-0.4, -0.2) is 24.9 Å². The van der Waals surface area contributed by atoms with Crippen LogP contribution in [0.5, 0.6) is 0 Å². The minimum absolute atomic E-state index is 0.0215. The van der Waals surface area contributed by atoms with Gasteiger partial charge in [0.25, 0.3) is 0 Å². The topological polar surface area (TPSA) is 33.6 Å². The molecule has 1 aliphatic rings. The maximum Gasteiger partial charge on any atom is 0.145 e. The van der Waals surface area contributed by atoms with Crippen molar-refractivity contribution in [3.05, 3.63) is 48.3 Å². The van der Waals surface area contributed by atoms with Gasteiger partial charge in [0.05, 0.1) is 5.71 Å². The molecule has 1 atom stereocenters. The second-order valence-electron chi connectivity index (χ2n) is 3.93. The summed E-state index contributed by atoms with van der Waals surface area (Å²) >= 11 is 0. The maximum absolute atomic E-state index is 13.0. The second-order valence-corrected chi connectivity index (χ2v) is 3.93. The predicted octanol–water partition coefficient (Wildman–Crippen LogP) is 2.09. The summed E-state index contributed by atoms with van der Waals surface area (Å²) in [6.07, 6.45) is 2.52. The number of rotatable bonds is 5. The van der Waals surface area contributed by atoms with Gasteiger partial charge in [-0.1, -0.05) is 23.4 Å². The molecule has 1 aromatic rings. The van der Waals surface area contributed by atoms with Crippen molar-refractivity contribution in [2.45, 2.75) is 12.5 Å². The van der Waals surface area contributed by atoms with Gasteiger partial charge in [0, 0.05) is 25.1 Å². The largest absolute Gasteiger partial charge is 0.390 e. The Kier molecular flexibility index (Phi) is 3.88. The molecule has 4 heteroatoms. The number of halogens is 1. The Bertz CT molecular complexity index is 431. The summed E-state index contributed by atoms with van der Waals surface area (Å²) in [7, 11) is 0. The summed E-state index contributed by atoms with van der Waals surface area (Å²) < 4.78 is 13.0. The van der Waals surface area contributed by atoms with Crippen molar-refractivity contribution in [3.63, 3.8) is 0 Å². The van der Waals surface area contributed by atoms with Crippen LogP contribution in [0, 0.1) is 5.82 Å². The lowest BCUT2D eigenvalue weighted by atomic mass is 10.1. The van der Waals surface area contributed by atoms with Crippen LogP contribution in [-0.2, 0) is 4.84 Å². The Labute approximate surface area is 100.0 Å². The first-order valence-electron chi connectivity index (χ1n) is 5.60. The quantitative estimate of drug-likeness (QED) is 0.625. The van der Waals surface area contributed by atoms with Crippen molar-refractivity contribution in [1.82, 2.24) is 5.32 Å². The Morgan fingerprint density at radius 3 is 3.24 bits per heavy atom. The van der Waals surface area contributed by atoms with E-state index in [0.29, 0.717) is 13.0 Å². The molecule has 0 aromatic heterocycles. The van der Waals surface area contributed by atoms with E-state index in [1.165, 1.54) is 12.1 Å². The third kappa shape index (κ3) is 3.14. The van der Waals surface area contributed by atoms with Crippen LogP contribution < -0.4 is 5.32 Å². The molecule has 0 radical (unpaired) electrons. The van der Waals surface area contributed by atoms with Crippen molar-refractivity contribution in [2.24, 2.45) is 5.16 Å². The Balaban J connectivity index is 1.91. The molecular formula is C13H15FN2O. The van der Waals surface area contributed by atoms with Crippen LogP contribution in [0.25, 0.3) is 0 Å². The lowest BCUT2D eigenvalue weighted by Gasteiger charge is -2.07. The second kappa shape index (κ2) is 5.59. The normalized spacial score (nSPS) is 18.6. The first-order valence-corrected chi connectivity index (χ1v) is 5.60. The van der Waals surface area contributed by atoms with E-state index in [1.54, 1.807) is 12.1 Å². The average molecular weight is 234 g/mol. The number of benzene rings is 1. The molecule has 17 heavy (non-hydrogen) atoms. The zero-order valence-corrected chi connectivity index (χ0v) is 9.53. The molecule has 0 aliphatic carbocycles. The lowest BCUT2D eigenvalue weighted by Crippen LogP contribution is -2.27. The summed E-state index contributed by atoms with van der Waals surface area (Å²) in [5, 5.41) is 7.16. The molecule has 90 valence electrons. The molecule has 0 fully saturated rings. The van der Waals surface area contributed by atoms with Crippen LogP contribution in [0.1, 0.15) is 12.0 Å². The number of hydrogen-bond acceptors (Lipinski definition) is 3. The first kappa shape index (κ1) is 11.8. The fourth-order valence-electron chi connectivity index (χ4n) is 1.72. The molecule has 0 unspecified atom stereocenters. The fourth-order valence-corrected chi connectivity index (χ4v) is 1.72. The summed E-state index contributed by atoms with van der Waals surface area (Å²) in [6, 6.07) is 6.41. The van der Waals surface area contributed by atoms with Gasteiger partial charge in [-0.15, -0.1) is 6.58 Å². The summed E-state index contributed by atoms with van der Waals surface area (Å²) in [5.74, 6) is -0.251. The molecule has 0 saturated heterocycles. The molecule has 0 saturated carbocycles. The van der Waals surface area contributed by atoms with Crippen LogP contribution >= 0.6 is 0 Å². The monoisotopic (exact) mass is 234 g/mol. The number of oxime groups is 1. The van der Waals surface area contributed by atoms with Crippen molar-refractivity contribution < 1.29 is 9.23 Å². The Morgan fingerprint density at radius 1 is 1.59 bits per heavy atom. The highest BCUT2D eigenvalue weighted by atomic mass is 19.1. The van der Waals surface area contributed by atoms with Crippen LogP contribution in [0.15, 0.2) is 42.1 Å². The number of nitrogens with one attached hydrogen (secondary N) is 1. The molecule has 1 aliphatic heterocycles. The molecule has 2 rings (SSSR count). The van der Waals surface area contributed by atoms with Gasteiger partial charge in [0.2, 0.25) is 0 Å². The summed E-state index contributed by atoms with van der Waals surface area (Å²) in [5.41, 5.74) is 1.59. The van der Waals surface area contributed by atoms with Gasteiger partial charge in [0.1, 0.15) is 11.9 Å². The minimum Gasteiger partial charge on any atom is -0.390 e. The van der Waals surface area contributed by atoms with E-state index >= 15 is 0 Å². The number of hydrogen-bond donors (Lipinski definition) is 1. The van der Waals surface area contributed by atoms with Crippen molar-refractivity contribution >= 4 is 5.71 Å². The summed E-state index contributed by atoms with van der Waals surface area (Å²) in [6.45, 7) is 5.09. The molecule has 3 nitrogen and oxygen atoms in total. The van der Waals surface area contributed by atoms with E-state index in [9.17, 15) is 4.39 Å². The Hall–Kier alpha value is -1.68. The maximum atomic E-state index is 13.0. The average Bonchev–Trinajstić information content (AvgIpc) is 2.78. The standard InChI is InChI=1S/C13H15FN2O/c1-2-6-15-9-12-8-13(16-17-12)10-4-3-5-11(14)7-10/h2-5,7,12,15H,1,6,8-9H2/t12-/m1/s1. The molecule has 0 bridgehead atoms. The van der Waals surface area contributed by atoms with E-state index in [2.05, 4.69) is 17.1 Å². The third-order valence-corrected chi connectivity index (χ3v) is 2.55. The zero-order chi connectivity index (χ0) is 12.1. The third-order valence-electron chi connectivity index (χ3n) is 2.55. The minimum atomic E-state index is -0.251. The smallest absolute Gasteiger partial charge is 0.145 e. The Morgan fingerprint density at radius 2 is 2.47 bits per heavy atom. The lowest BCUT2D eigenvalue weighted by molar-refractivity contribution is 0.0859. The van der Waals surface area contributed by atoms with Gasteiger partial charge in [-0.3, -0.25) is 0 Å².